The molecule has 8 heteroatoms. The minimum atomic E-state index is 0.544. The smallest absolute Gasteiger partial charge is 0.205 e. The molecule has 7 nitrogen and oxygen atoms in total. The van der Waals surface area contributed by atoms with Crippen molar-refractivity contribution < 1.29 is 18.9 Å². The van der Waals surface area contributed by atoms with Gasteiger partial charge in [-0.3, -0.25) is 4.99 Å². The van der Waals surface area contributed by atoms with E-state index in [0.717, 1.165) is 27.4 Å². The molecule has 0 saturated carbocycles. The van der Waals surface area contributed by atoms with Gasteiger partial charge in [-0.25, -0.2) is 4.68 Å². The summed E-state index contributed by atoms with van der Waals surface area (Å²) in [7, 11) is 8.15. The molecule has 0 aliphatic carbocycles. The van der Waals surface area contributed by atoms with Crippen LogP contribution in [0.25, 0.3) is 11.3 Å². The number of benzene rings is 2. The molecule has 1 heterocycles. The van der Waals surface area contributed by atoms with Crippen molar-refractivity contribution in [1.82, 2.24) is 4.68 Å². The molecule has 1 aromatic heterocycles. The van der Waals surface area contributed by atoms with Crippen LogP contribution in [0.4, 0.5) is 0 Å². The van der Waals surface area contributed by atoms with Crippen molar-refractivity contribution in [3.63, 3.8) is 0 Å². The number of thiazole rings is 1. The van der Waals surface area contributed by atoms with Crippen molar-refractivity contribution in [2.75, 3.05) is 35.5 Å². The predicted molar refractivity (Wildman–Crippen MR) is 115 cm³/mol. The third kappa shape index (κ3) is 4.27. The molecule has 0 spiro atoms. The summed E-state index contributed by atoms with van der Waals surface area (Å²) >= 11 is 1.50. The lowest BCUT2D eigenvalue weighted by Gasteiger charge is -2.14. The van der Waals surface area contributed by atoms with Gasteiger partial charge in [0.05, 0.1) is 40.3 Å². The van der Waals surface area contributed by atoms with Gasteiger partial charge in [-0.15, -0.1) is 11.3 Å². The third-order valence-electron chi connectivity index (χ3n) is 4.28. The van der Waals surface area contributed by atoms with Crippen LogP contribution in [0.1, 0.15) is 5.56 Å². The van der Waals surface area contributed by atoms with Crippen LogP contribution >= 0.6 is 11.3 Å². The summed E-state index contributed by atoms with van der Waals surface area (Å²) < 4.78 is 23.4. The molecule has 0 aliphatic heterocycles. The Morgan fingerprint density at radius 2 is 1.55 bits per heavy atom. The predicted octanol–water partition coefficient (Wildman–Crippen LogP) is 3.66. The van der Waals surface area contributed by atoms with Crippen LogP contribution in [0.15, 0.2) is 51.9 Å². The maximum Gasteiger partial charge on any atom is 0.205 e. The highest BCUT2D eigenvalue weighted by atomic mass is 32.1. The van der Waals surface area contributed by atoms with E-state index in [1.165, 1.54) is 11.3 Å². The second-order valence-corrected chi connectivity index (χ2v) is 6.71. The minimum absolute atomic E-state index is 0.544. The van der Waals surface area contributed by atoms with Crippen LogP contribution in [-0.2, 0) is 0 Å². The lowest BCUT2D eigenvalue weighted by molar-refractivity contribution is 0.324. The van der Waals surface area contributed by atoms with Crippen LogP contribution in [0.5, 0.6) is 23.0 Å². The fourth-order valence-corrected chi connectivity index (χ4v) is 3.61. The maximum atomic E-state index is 5.48. The van der Waals surface area contributed by atoms with Gasteiger partial charge in [0.15, 0.2) is 11.5 Å². The average Bonchev–Trinajstić information content (AvgIpc) is 3.19. The Kier molecular flexibility index (Phi) is 6.56. The Balaban J connectivity index is 2.08. The van der Waals surface area contributed by atoms with E-state index in [1.54, 1.807) is 46.4 Å². The number of hydrogen-bond donors (Lipinski definition) is 0. The normalized spacial score (nSPS) is 11.7. The van der Waals surface area contributed by atoms with Crippen molar-refractivity contribution in [1.29, 1.82) is 0 Å². The highest BCUT2D eigenvalue weighted by Gasteiger charge is 2.16. The van der Waals surface area contributed by atoms with Gasteiger partial charge in [-0.05, 0) is 42.0 Å². The standard InChI is InChI=1S/C21H23N3O4S/c1-22-21-24(23-12-14-6-8-16(25-2)9-7-14)17(13-29-21)15-10-18(26-3)20(28-5)19(11-15)27-4/h6-13H,1-5H3. The van der Waals surface area contributed by atoms with E-state index in [1.807, 2.05) is 41.8 Å². The third-order valence-corrected chi connectivity index (χ3v) is 5.18. The molecule has 0 saturated heterocycles. The first-order chi connectivity index (χ1) is 14.1. The molecule has 0 unspecified atom stereocenters. The van der Waals surface area contributed by atoms with Gasteiger partial charge in [-0.1, -0.05) is 0 Å². The van der Waals surface area contributed by atoms with E-state index in [-0.39, 0.29) is 0 Å². The van der Waals surface area contributed by atoms with Gasteiger partial charge < -0.3 is 18.9 Å². The van der Waals surface area contributed by atoms with E-state index in [9.17, 15) is 0 Å². The molecular formula is C21H23N3O4S. The van der Waals surface area contributed by atoms with E-state index >= 15 is 0 Å². The molecular weight excluding hydrogens is 390 g/mol. The Labute approximate surface area is 173 Å². The molecule has 0 bridgehead atoms. The van der Waals surface area contributed by atoms with Crippen molar-refractivity contribution in [3.05, 3.63) is 52.1 Å². The van der Waals surface area contributed by atoms with Gasteiger partial charge in [0.25, 0.3) is 0 Å². The Bertz CT molecular complexity index is 1040. The van der Waals surface area contributed by atoms with E-state index in [0.29, 0.717) is 17.2 Å². The lowest BCUT2D eigenvalue weighted by Crippen LogP contribution is -2.11. The molecule has 0 N–H and O–H groups in total. The maximum absolute atomic E-state index is 5.48. The zero-order valence-corrected chi connectivity index (χ0v) is 17.8. The molecule has 152 valence electrons. The summed E-state index contributed by atoms with van der Waals surface area (Å²) in [4.78, 5) is 5.10. The summed E-state index contributed by atoms with van der Waals surface area (Å²) in [5.74, 6) is 2.50. The highest BCUT2D eigenvalue weighted by Crippen LogP contribution is 2.41. The molecule has 2 aromatic carbocycles. The second kappa shape index (κ2) is 9.29. The number of hydrogen-bond acceptors (Lipinski definition) is 7. The SMILES string of the molecule is CN=c1scc(-c2cc(OC)c(OC)c(OC)c2)n1N=Cc1ccc(OC)cc1. The van der Waals surface area contributed by atoms with Crippen LogP contribution in [-0.4, -0.2) is 46.4 Å². The topological polar surface area (TPSA) is 66.6 Å². The van der Waals surface area contributed by atoms with Crippen molar-refractivity contribution in [2.24, 2.45) is 10.1 Å². The largest absolute Gasteiger partial charge is 0.497 e. The van der Waals surface area contributed by atoms with Gasteiger partial charge in [0.2, 0.25) is 10.6 Å². The number of methoxy groups -OCH3 is 4. The van der Waals surface area contributed by atoms with Gasteiger partial charge in [0, 0.05) is 18.0 Å². The van der Waals surface area contributed by atoms with Crippen LogP contribution < -0.4 is 23.7 Å². The average molecular weight is 413 g/mol. The van der Waals surface area contributed by atoms with Gasteiger partial charge in [0.1, 0.15) is 5.75 Å². The van der Waals surface area contributed by atoms with Gasteiger partial charge >= 0.3 is 0 Å². The van der Waals surface area contributed by atoms with Crippen LogP contribution in [0.2, 0.25) is 0 Å². The summed E-state index contributed by atoms with van der Waals surface area (Å²) in [5, 5.41) is 6.64. The van der Waals surface area contributed by atoms with Crippen molar-refractivity contribution in [2.45, 2.75) is 0 Å². The Hall–Kier alpha value is -3.26. The van der Waals surface area contributed by atoms with E-state index < -0.39 is 0 Å². The van der Waals surface area contributed by atoms with Crippen molar-refractivity contribution in [3.8, 4) is 34.3 Å². The van der Waals surface area contributed by atoms with Crippen LogP contribution in [0.3, 0.4) is 0 Å². The Morgan fingerprint density at radius 3 is 2.07 bits per heavy atom. The molecule has 3 aromatic rings. The molecule has 0 aliphatic rings. The quantitative estimate of drug-likeness (QED) is 0.555. The molecule has 29 heavy (non-hydrogen) atoms. The monoisotopic (exact) mass is 413 g/mol. The summed E-state index contributed by atoms with van der Waals surface area (Å²) in [6.07, 6.45) is 1.78. The number of aromatic nitrogens is 1. The fraction of sp³-hybridized carbons (Fsp3) is 0.238. The molecule has 3 rings (SSSR count). The first kappa shape index (κ1) is 20.5. The number of nitrogens with zero attached hydrogens (tertiary/aromatic N) is 3. The van der Waals surface area contributed by atoms with Crippen LogP contribution in [0, 0.1) is 0 Å². The molecule has 0 fully saturated rings. The van der Waals surface area contributed by atoms with Gasteiger partial charge in [-0.2, -0.15) is 5.10 Å². The summed E-state index contributed by atoms with van der Waals surface area (Å²) in [6, 6.07) is 11.5. The number of ether oxygens (including phenoxy) is 4. The molecule has 0 radical (unpaired) electrons. The minimum Gasteiger partial charge on any atom is -0.497 e. The molecule has 0 atom stereocenters. The summed E-state index contributed by atoms with van der Waals surface area (Å²) in [6.45, 7) is 0. The van der Waals surface area contributed by atoms with E-state index in [4.69, 9.17) is 18.9 Å². The summed E-state index contributed by atoms with van der Waals surface area (Å²) in [5.41, 5.74) is 2.68. The zero-order chi connectivity index (χ0) is 20.8. The highest BCUT2D eigenvalue weighted by molar-refractivity contribution is 7.07. The molecule has 0 amide bonds. The first-order valence-corrected chi connectivity index (χ1v) is 9.65. The second-order valence-electron chi connectivity index (χ2n) is 5.87. The Morgan fingerprint density at radius 1 is 0.897 bits per heavy atom. The number of rotatable bonds is 7. The zero-order valence-electron chi connectivity index (χ0n) is 17.0. The fourth-order valence-electron chi connectivity index (χ4n) is 2.80. The van der Waals surface area contributed by atoms with E-state index in [2.05, 4.69) is 10.1 Å². The van der Waals surface area contributed by atoms with Crippen molar-refractivity contribution >= 4 is 17.6 Å². The lowest BCUT2D eigenvalue weighted by atomic mass is 10.1. The first-order valence-electron chi connectivity index (χ1n) is 8.77.